The standard InChI is InChI=1S/C10H15N3O4S2/c1-2-18-9-7(10(14)15)8(11)13(12-9)6-3-4-19(16,17)5-6/h6H,2-5,11H2,1H3,(H,14,15). The number of nitrogen functional groups attached to an aromatic ring is 1. The molecule has 2 rings (SSSR count). The molecule has 1 saturated heterocycles. The van der Waals surface area contributed by atoms with Gasteiger partial charge in [-0.3, -0.25) is 0 Å². The maximum atomic E-state index is 11.5. The van der Waals surface area contributed by atoms with Gasteiger partial charge >= 0.3 is 5.97 Å². The minimum absolute atomic E-state index is 0.0313. The molecule has 0 spiro atoms. The van der Waals surface area contributed by atoms with Crippen molar-refractivity contribution in [3.63, 3.8) is 0 Å². The number of anilines is 1. The van der Waals surface area contributed by atoms with Crippen LogP contribution in [0.4, 0.5) is 5.82 Å². The normalized spacial score (nSPS) is 21.6. The first-order valence-electron chi connectivity index (χ1n) is 5.80. The molecular formula is C10H15N3O4S2. The number of hydrogen-bond donors (Lipinski definition) is 2. The Morgan fingerprint density at radius 3 is 2.79 bits per heavy atom. The fourth-order valence-corrected chi connectivity index (χ4v) is 4.56. The van der Waals surface area contributed by atoms with Crippen molar-refractivity contribution < 1.29 is 18.3 Å². The number of aromatic carboxylic acids is 1. The van der Waals surface area contributed by atoms with Crippen LogP contribution in [0.3, 0.4) is 0 Å². The van der Waals surface area contributed by atoms with E-state index in [1.165, 1.54) is 16.4 Å². The zero-order chi connectivity index (χ0) is 14.2. The third-order valence-electron chi connectivity index (χ3n) is 2.96. The first-order chi connectivity index (χ1) is 8.85. The van der Waals surface area contributed by atoms with Gasteiger partial charge in [-0.05, 0) is 12.2 Å². The van der Waals surface area contributed by atoms with Crippen molar-refractivity contribution >= 4 is 33.4 Å². The van der Waals surface area contributed by atoms with Crippen LogP contribution in [0.25, 0.3) is 0 Å². The van der Waals surface area contributed by atoms with E-state index in [-0.39, 0.29) is 28.9 Å². The van der Waals surface area contributed by atoms with Crippen molar-refractivity contribution in [1.29, 1.82) is 0 Å². The van der Waals surface area contributed by atoms with Gasteiger partial charge in [0.25, 0.3) is 0 Å². The summed E-state index contributed by atoms with van der Waals surface area (Å²) in [5.41, 5.74) is 5.78. The van der Waals surface area contributed by atoms with Crippen LogP contribution in [0.15, 0.2) is 5.03 Å². The summed E-state index contributed by atoms with van der Waals surface area (Å²) in [5.74, 6) is -0.380. The van der Waals surface area contributed by atoms with Crippen molar-refractivity contribution in [2.75, 3.05) is 23.0 Å². The molecule has 3 N–H and O–H groups in total. The van der Waals surface area contributed by atoms with Crippen LogP contribution in [0.5, 0.6) is 0 Å². The van der Waals surface area contributed by atoms with E-state index < -0.39 is 15.8 Å². The van der Waals surface area contributed by atoms with Crippen molar-refractivity contribution in [2.45, 2.75) is 24.4 Å². The highest BCUT2D eigenvalue weighted by Crippen LogP contribution is 2.32. The summed E-state index contributed by atoms with van der Waals surface area (Å²) >= 11 is 1.28. The second-order valence-corrected chi connectivity index (χ2v) is 7.79. The zero-order valence-corrected chi connectivity index (χ0v) is 12.0. The van der Waals surface area contributed by atoms with Gasteiger partial charge in [-0.25, -0.2) is 17.9 Å². The Morgan fingerprint density at radius 2 is 2.32 bits per heavy atom. The molecular weight excluding hydrogens is 290 g/mol. The minimum Gasteiger partial charge on any atom is -0.477 e. The minimum atomic E-state index is -3.07. The summed E-state index contributed by atoms with van der Waals surface area (Å²) in [5, 5.41) is 13.7. The highest BCUT2D eigenvalue weighted by Gasteiger charge is 2.33. The van der Waals surface area contributed by atoms with E-state index in [0.717, 1.165) is 0 Å². The topological polar surface area (TPSA) is 115 Å². The molecule has 106 valence electrons. The third kappa shape index (κ3) is 2.71. The fourth-order valence-electron chi connectivity index (χ4n) is 2.11. The summed E-state index contributed by atoms with van der Waals surface area (Å²) in [7, 11) is -3.07. The molecule has 1 aromatic heterocycles. The Hall–Kier alpha value is -1.22. The number of carbonyl (C=O) groups is 1. The molecule has 2 heterocycles. The van der Waals surface area contributed by atoms with Crippen LogP contribution in [0.1, 0.15) is 29.7 Å². The molecule has 1 atom stereocenters. The molecule has 0 amide bonds. The summed E-state index contributed by atoms with van der Waals surface area (Å²) in [6, 6.07) is -0.366. The molecule has 0 radical (unpaired) electrons. The monoisotopic (exact) mass is 305 g/mol. The lowest BCUT2D eigenvalue weighted by Gasteiger charge is -2.10. The van der Waals surface area contributed by atoms with E-state index >= 15 is 0 Å². The zero-order valence-electron chi connectivity index (χ0n) is 10.4. The Bertz CT molecular complexity index is 609. The maximum Gasteiger partial charge on any atom is 0.342 e. The predicted molar refractivity (Wildman–Crippen MR) is 72.3 cm³/mol. The van der Waals surface area contributed by atoms with E-state index in [2.05, 4.69) is 5.10 Å². The van der Waals surface area contributed by atoms with E-state index in [4.69, 9.17) is 10.8 Å². The molecule has 1 unspecified atom stereocenters. The van der Waals surface area contributed by atoms with Crippen LogP contribution in [-0.2, 0) is 9.84 Å². The molecule has 1 aliphatic rings. The fraction of sp³-hybridized carbons (Fsp3) is 0.600. The number of nitrogens with zero attached hydrogens (tertiary/aromatic N) is 2. The van der Waals surface area contributed by atoms with Gasteiger partial charge in [-0.15, -0.1) is 11.8 Å². The predicted octanol–water partition coefficient (Wildman–Crippen LogP) is 0.635. The lowest BCUT2D eigenvalue weighted by atomic mass is 10.2. The number of carboxylic acid groups (broad SMARTS) is 1. The molecule has 1 aliphatic heterocycles. The van der Waals surface area contributed by atoms with Gasteiger partial charge < -0.3 is 10.8 Å². The van der Waals surface area contributed by atoms with E-state index in [1.807, 2.05) is 6.92 Å². The highest BCUT2D eigenvalue weighted by atomic mass is 32.2. The second kappa shape index (κ2) is 5.04. The molecule has 1 aromatic rings. The van der Waals surface area contributed by atoms with E-state index in [0.29, 0.717) is 17.2 Å². The number of thioether (sulfide) groups is 1. The Labute approximate surface area is 115 Å². The maximum absolute atomic E-state index is 11.5. The van der Waals surface area contributed by atoms with Gasteiger partial charge in [0.1, 0.15) is 16.4 Å². The third-order valence-corrected chi connectivity index (χ3v) is 5.56. The Morgan fingerprint density at radius 1 is 1.63 bits per heavy atom. The summed E-state index contributed by atoms with van der Waals surface area (Å²) in [4.78, 5) is 11.2. The van der Waals surface area contributed by atoms with Crippen LogP contribution in [0.2, 0.25) is 0 Å². The number of aromatic nitrogens is 2. The SMILES string of the molecule is CCSc1nn(C2CCS(=O)(=O)C2)c(N)c1C(=O)O. The quantitative estimate of drug-likeness (QED) is 0.784. The largest absolute Gasteiger partial charge is 0.477 e. The van der Waals surface area contributed by atoms with E-state index in [1.54, 1.807) is 0 Å². The highest BCUT2D eigenvalue weighted by molar-refractivity contribution is 7.99. The summed E-state index contributed by atoms with van der Waals surface area (Å²) in [6.07, 6.45) is 0.420. The van der Waals surface area contributed by atoms with Crippen molar-refractivity contribution in [3.05, 3.63) is 5.56 Å². The Kier molecular flexibility index (Phi) is 3.77. The van der Waals surface area contributed by atoms with Gasteiger partial charge in [0.2, 0.25) is 0 Å². The van der Waals surface area contributed by atoms with E-state index in [9.17, 15) is 13.2 Å². The molecule has 0 aromatic carbocycles. The first kappa shape index (κ1) is 14.2. The molecule has 0 saturated carbocycles. The molecule has 19 heavy (non-hydrogen) atoms. The molecule has 1 fully saturated rings. The molecule has 0 aliphatic carbocycles. The van der Waals surface area contributed by atoms with Crippen LogP contribution >= 0.6 is 11.8 Å². The molecule has 7 nitrogen and oxygen atoms in total. The van der Waals surface area contributed by atoms with Crippen molar-refractivity contribution in [3.8, 4) is 0 Å². The van der Waals surface area contributed by atoms with Gasteiger partial charge in [0, 0.05) is 0 Å². The number of sulfone groups is 1. The lowest BCUT2D eigenvalue weighted by Crippen LogP contribution is -2.15. The van der Waals surface area contributed by atoms with Gasteiger partial charge in [0.15, 0.2) is 9.84 Å². The van der Waals surface area contributed by atoms with Gasteiger partial charge in [0.05, 0.1) is 17.5 Å². The van der Waals surface area contributed by atoms with Crippen LogP contribution in [0, 0.1) is 0 Å². The smallest absolute Gasteiger partial charge is 0.342 e. The second-order valence-electron chi connectivity index (χ2n) is 4.30. The average molecular weight is 305 g/mol. The summed E-state index contributed by atoms with van der Waals surface area (Å²) in [6.45, 7) is 1.88. The number of nitrogens with two attached hydrogens (primary N) is 1. The average Bonchev–Trinajstić information content (AvgIpc) is 2.80. The van der Waals surface area contributed by atoms with Crippen LogP contribution < -0.4 is 5.73 Å². The van der Waals surface area contributed by atoms with Gasteiger partial charge in [-0.2, -0.15) is 5.10 Å². The molecule has 9 heteroatoms. The Balaban J connectivity index is 2.42. The van der Waals surface area contributed by atoms with Gasteiger partial charge in [-0.1, -0.05) is 6.92 Å². The van der Waals surface area contributed by atoms with Crippen molar-refractivity contribution in [2.24, 2.45) is 0 Å². The molecule has 0 bridgehead atoms. The number of carboxylic acids is 1. The number of hydrogen-bond acceptors (Lipinski definition) is 6. The summed E-state index contributed by atoms with van der Waals surface area (Å²) < 4.78 is 24.3. The first-order valence-corrected chi connectivity index (χ1v) is 8.61. The van der Waals surface area contributed by atoms with Crippen molar-refractivity contribution in [1.82, 2.24) is 9.78 Å². The number of rotatable bonds is 4. The van der Waals surface area contributed by atoms with Crippen LogP contribution in [-0.4, -0.2) is 46.5 Å². The lowest BCUT2D eigenvalue weighted by molar-refractivity contribution is 0.0694.